The molecule has 0 aliphatic heterocycles. The maximum absolute atomic E-state index is 13.2. The van der Waals surface area contributed by atoms with Crippen molar-refractivity contribution in [1.29, 1.82) is 0 Å². The fourth-order valence-electron chi connectivity index (χ4n) is 4.79. The van der Waals surface area contributed by atoms with Crippen LogP contribution in [-0.4, -0.2) is 14.3 Å². The van der Waals surface area contributed by atoms with E-state index >= 15 is 0 Å². The summed E-state index contributed by atoms with van der Waals surface area (Å²) in [6, 6.07) is 16.8. The van der Waals surface area contributed by atoms with Gasteiger partial charge in [-0.1, -0.05) is 48.9 Å². The van der Waals surface area contributed by atoms with E-state index < -0.39 is 10.0 Å². The third-order valence-corrected chi connectivity index (χ3v) is 8.36. The number of amides is 1. The summed E-state index contributed by atoms with van der Waals surface area (Å²) in [5.41, 5.74) is 7.23. The van der Waals surface area contributed by atoms with E-state index in [-0.39, 0.29) is 16.8 Å². The minimum atomic E-state index is -3.86. The molecule has 0 bridgehead atoms. The maximum Gasteiger partial charge on any atom is 0.262 e. The molecule has 3 aromatic carbocycles. The number of nitrogens with one attached hydrogen (secondary N) is 2. The van der Waals surface area contributed by atoms with Gasteiger partial charge in [0.05, 0.1) is 16.6 Å². The molecule has 0 aromatic heterocycles. The minimum absolute atomic E-state index is 0.104. The van der Waals surface area contributed by atoms with E-state index in [4.69, 9.17) is 0 Å². The summed E-state index contributed by atoms with van der Waals surface area (Å²) in [6.07, 6.45) is 5.39. The number of hydrogen-bond donors (Lipinski definition) is 2. The fourth-order valence-corrected chi connectivity index (χ4v) is 6.19. The zero-order valence-corrected chi connectivity index (χ0v) is 21.8. The quantitative estimate of drug-likeness (QED) is 0.416. The zero-order chi connectivity index (χ0) is 25.2. The molecule has 5 nitrogen and oxygen atoms in total. The number of aryl methyl sites for hydroxylation is 5. The van der Waals surface area contributed by atoms with Gasteiger partial charge in [0.2, 0.25) is 0 Å². The van der Waals surface area contributed by atoms with Crippen LogP contribution in [0.5, 0.6) is 0 Å². The Morgan fingerprint density at radius 3 is 2.34 bits per heavy atom. The van der Waals surface area contributed by atoms with Gasteiger partial charge in [0.1, 0.15) is 0 Å². The summed E-state index contributed by atoms with van der Waals surface area (Å²) in [5, 5.41) is 3.12. The lowest BCUT2D eigenvalue weighted by Gasteiger charge is -2.22. The molecular formula is C29H34N2O3S. The van der Waals surface area contributed by atoms with Crippen LogP contribution in [0.25, 0.3) is 0 Å². The topological polar surface area (TPSA) is 75.3 Å². The van der Waals surface area contributed by atoms with Crippen molar-refractivity contribution in [3.8, 4) is 0 Å². The SMILES string of the molecule is CC[C@@H](NC(=O)c1ccc(C)c(S(=O)(=O)Nc2ccc(C)cc2C)c1)c1ccc2c(c1)CCCC2. The van der Waals surface area contributed by atoms with Crippen molar-refractivity contribution in [1.82, 2.24) is 5.32 Å². The Kier molecular flexibility index (Phi) is 7.31. The number of rotatable bonds is 7. The summed E-state index contributed by atoms with van der Waals surface area (Å²) in [6.45, 7) is 7.61. The Bertz CT molecular complexity index is 1360. The maximum atomic E-state index is 13.2. The van der Waals surface area contributed by atoms with Crippen LogP contribution >= 0.6 is 0 Å². The standard InChI is InChI=1S/C29H34N2O3S/c1-5-26(24-14-13-22-8-6-7-9-23(22)17-24)30-29(32)25-12-11-20(3)28(18-25)35(33,34)31-27-15-10-19(2)16-21(27)4/h10-18,26,31H,5-9H2,1-4H3,(H,30,32)/t26-/m1/s1. The van der Waals surface area contributed by atoms with Crippen molar-refractivity contribution >= 4 is 21.6 Å². The number of fused-ring (bicyclic) bond motifs is 1. The van der Waals surface area contributed by atoms with Crippen LogP contribution in [0, 0.1) is 20.8 Å². The highest BCUT2D eigenvalue weighted by Gasteiger charge is 2.22. The lowest BCUT2D eigenvalue weighted by Crippen LogP contribution is -2.28. The summed E-state index contributed by atoms with van der Waals surface area (Å²) < 4.78 is 29.1. The van der Waals surface area contributed by atoms with Crippen molar-refractivity contribution in [3.63, 3.8) is 0 Å². The average Bonchev–Trinajstić information content (AvgIpc) is 2.84. The summed E-state index contributed by atoms with van der Waals surface area (Å²) in [7, 11) is -3.86. The van der Waals surface area contributed by atoms with E-state index in [0.717, 1.165) is 36.0 Å². The minimum Gasteiger partial charge on any atom is -0.345 e. The van der Waals surface area contributed by atoms with Crippen LogP contribution in [-0.2, 0) is 22.9 Å². The van der Waals surface area contributed by atoms with Gasteiger partial charge in [-0.3, -0.25) is 9.52 Å². The summed E-state index contributed by atoms with van der Waals surface area (Å²) in [4.78, 5) is 13.3. The summed E-state index contributed by atoms with van der Waals surface area (Å²) in [5.74, 6) is -0.280. The smallest absolute Gasteiger partial charge is 0.262 e. The van der Waals surface area contributed by atoms with Crippen LogP contribution in [0.15, 0.2) is 59.5 Å². The highest BCUT2D eigenvalue weighted by atomic mass is 32.2. The Morgan fingerprint density at radius 1 is 0.886 bits per heavy atom. The van der Waals surface area contributed by atoms with E-state index in [1.807, 2.05) is 32.9 Å². The molecule has 0 heterocycles. The third kappa shape index (κ3) is 5.59. The molecule has 0 unspecified atom stereocenters. The molecular weight excluding hydrogens is 456 g/mol. The Morgan fingerprint density at radius 2 is 1.63 bits per heavy atom. The van der Waals surface area contributed by atoms with Gasteiger partial charge in [-0.25, -0.2) is 8.42 Å². The van der Waals surface area contributed by atoms with E-state index in [0.29, 0.717) is 16.8 Å². The van der Waals surface area contributed by atoms with Crippen LogP contribution in [0.3, 0.4) is 0 Å². The van der Waals surface area contributed by atoms with Crippen molar-refractivity contribution in [2.75, 3.05) is 4.72 Å². The van der Waals surface area contributed by atoms with Crippen molar-refractivity contribution in [2.24, 2.45) is 0 Å². The van der Waals surface area contributed by atoms with Gasteiger partial charge < -0.3 is 5.32 Å². The molecule has 0 saturated heterocycles. The largest absolute Gasteiger partial charge is 0.345 e. The zero-order valence-electron chi connectivity index (χ0n) is 20.9. The number of anilines is 1. The van der Waals surface area contributed by atoms with Gasteiger partial charge in [0, 0.05) is 5.56 Å². The number of hydrogen-bond acceptors (Lipinski definition) is 3. The Balaban J connectivity index is 1.57. The van der Waals surface area contributed by atoms with E-state index in [2.05, 4.69) is 28.2 Å². The molecule has 184 valence electrons. The van der Waals surface area contributed by atoms with Gasteiger partial charge in [0.15, 0.2) is 0 Å². The van der Waals surface area contributed by atoms with E-state index in [1.165, 1.54) is 30.0 Å². The fraction of sp³-hybridized carbons (Fsp3) is 0.345. The first-order valence-electron chi connectivity index (χ1n) is 12.3. The molecule has 3 aromatic rings. The van der Waals surface area contributed by atoms with Gasteiger partial charge in [-0.2, -0.15) is 0 Å². The van der Waals surface area contributed by atoms with Gasteiger partial charge >= 0.3 is 0 Å². The van der Waals surface area contributed by atoms with E-state index in [9.17, 15) is 13.2 Å². The van der Waals surface area contributed by atoms with Crippen molar-refractivity contribution in [2.45, 2.75) is 70.7 Å². The molecule has 2 N–H and O–H groups in total. The highest BCUT2D eigenvalue weighted by molar-refractivity contribution is 7.92. The first kappa shape index (κ1) is 25.0. The highest BCUT2D eigenvalue weighted by Crippen LogP contribution is 2.27. The molecule has 0 fully saturated rings. The molecule has 0 spiro atoms. The second-order valence-corrected chi connectivity index (χ2v) is 11.2. The first-order valence-corrected chi connectivity index (χ1v) is 13.8. The molecule has 0 radical (unpaired) electrons. The lowest BCUT2D eigenvalue weighted by atomic mass is 9.88. The Labute approximate surface area is 209 Å². The van der Waals surface area contributed by atoms with E-state index in [1.54, 1.807) is 25.1 Å². The Hall–Kier alpha value is -3.12. The third-order valence-electron chi connectivity index (χ3n) is 6.85. The lowest BCUT2D eigenvalue weighted by molar-refractivity contribution is 0.0935. The number of carbonyl (C=O) groups excluding carboxylic acids is 1. The predicted octanol–water partition coefficient (Wildman–Crippen LogP) is 6.17. The number of sulfonamides is 1. The van der Waals surface area contributed by atoms with Crippen LogP contribution in [0.1, 0.15) is 76.0 Å². The normalized spacial score (nSPS) is 14.2. The molecule has 1 aliphatic carbocycles. The van der Waals surface area contributed by atoms with Gasteiger partial charge in [-0.15, -0.1) is 0 Å². The number of carbonyl (C=O) groups is 1. The van der Waals surface area contributed by atoms with Gasteiger partial charge in [-0.05, 0) is 98.9 Å². The first-order chi connectivity index (χ1) is 16.7. The molecule has 1 aliphatic rings. The molecule has 1 atom stereocenters. The number of benzene rings is 3. The molecule has 6 heteroatoms. The second-order valence-electron chi connectivity index (χ2n) is 9.57. The van der Waals surface area contributed by atoms with Crippen molar-refractivity contribution in [3.05, 3.63) is 93.5 Å². The molecule has 0 saturated carbocycles. The van der Waals surface area contributed by atoms with Crippen molar-refractivity contribution < 1.29 is 13.2 Å². The molecule has 1 amide bonds. The second kappa shape index (κ2) is 10.2. The molecule has 4 rings (SSSR count). The van der Waals surface area contributed by atoms with Crippen LogP contribution in [0.2, 0.25) is 0 Å². The summed E-state index contributed by atoms with van der Waals surface area (Å²) >= 11 is 0. The van der Waals surface area contributed by atoms with Crippen LogP contribution in [0.4, 0.5) is 5.69 Å². The molecule has 35 heavy (non-hydrogen) atoms. The average molecular weight is 491 g/mol. The monoisotopic (exact) mass is 490 g/mol. The predicted molar refractivity (Wildman–Crippen MR) is 141 cm³/mol. The van der Waals surface area contributed by atoms with Gasteiger partial charge in [0.25, 0.3) is 15.9 Å². The van der Waals surface area contributed by atoms with Crippen LogP contribution < -0.4 is 10.0 Å².